The smallest absolute Gasteiger partial charge is 0.241 e. The molecule has 1 unspecified atom stereocenters. The molecule has 0 rings (SSSR count). The number of rotatable bonds is 17. The first-order valence-electron chi connectivity index (χ1n) is 12.1. The fourth-order valence-corrected chi connectivity index (χ4v) is 3.38. The van der Waals surface area contributed by atoms with Gasteiger partial charge in [-0.3, -0.25) is 0 Å². The molecule has 1 atom stereocenters. The molecule has 0 aromatic rings. The van der Waals surface area contributed by atoms with Crippen molar-refractivity contribution in [1.82, 2.24) is 0 Å². The lowest BCUT2D eigenvalue weighted by atomic mass is 9.82. The van der Waals surface area contributed by atoms with Crippen LogP contribution in [0.2, 0.25) is 0 Å². The fraction of sp³-hybridized carbons (Fsp3) is 1.00. The van der Waals surface area contributed by atoms with Gasteiger partial charge in [0.25, 0.3) is 0 Å². The van der Waals surface area contributed by atoms with Gasteiger partial charge in [-0.15, -0.1) is 0 Å². The molecule has 0 radical (unpaired) electrons. The van der Waals surface area contributed by atoms with Crippen LogP contribution in [0.5, 0.6) is 0 Å². The van der Waals surface area contributed by atoms with E-state index in [0.717, 1.165) is 0 Å². The molecular weight excluding hydrogens is 886 g/mol. The Kier molecular flexibility index (Phi) is 12.2. The molecule has 0 saturated heterocycles. The first-order chi connectivity index (χ1) is 22.7. The first kappa shape index (κ1) is 51.6. The quantitative estimate of drug-likeness (QED) is 0.128. The molecule has 0 aromatic carbocycles. The van der Waals surface area contributed by atoms with Crippen molar-refractivity contribution in [3.8, 4) is 0 Å². The summed E-state index contributed by atoms with van der Waals surface area (Å²) in [6.45, 7) is 0.480. The Morgan fingerprint density at radius 2 is 0.407 bits per heavy atom. The molecule has 326 valence electrons. The van der Waals surface area contributed by atoms with Crippen molar-refractivity contribution < 1.29 is 149 Å². The molecule has 0 amide bonds. The molecule has 0 aliphatic rings. The van der Waals surface area contributed by atoms with Gasteiger partial charge in [0, 0.05) is 0 Å². The fourth-order valence-electron chi connectivity index (χ4n) is 3.38. The van der Waals surface area contributed by atoms with Crippen molar-refractivity contribution in [1.29, 1.82) is 0 Å². The van der Waals surface area contributed by atoms with Crippen LogP contribution in [0.1, 0.15) is 19.8 Å². The van der Waals surface area contributed by atoms with Crippen molar-refractivity contribution in [2.75, 3.05) is 0 Å². The highest BCUT2D eigenvalue weighted by atomic mass is 19.4. The van der Waals surface area contributed by atoms with Crippen molar-refractivity contribution in [2.45, 2.75) is 121 Å². The van der Waals surface area contributed by atoms with Gasteiger partial charge in [0.05, 0.1) is 0 Å². The van der Waals surface area contributed by atoms with E-state index >= 15 is 0 Å². The monoisotopic (exact) mass is 894 g/mol. The minimum absolute atomic E-state index is 0.480. The largest absolute Gasteiger partial charge is 0.460 e. The van der Waals surface area contributed by atoms with Crippen LogP contribution in [0.15, 0.2) is 0 Å². The second-order valence-electron chi connectivity index (χ2n) is 10.4. The zero-order chi connectivity index (χ0) is 45.0. The maximum absolute atomic E-state index is 13.9. The van der Waals surface area contributed by atoms with E-state index < -0.39 is 114 Å². The average Bonchev–Trinajstić information content (AvgIpc) is 2.94. The van der Waals surface area contributed by atoms with Crippen LogP contribution in [-0.4, -0.2) is 101 Å². The lowest BCUT2D eigenvalue weighted by Crippen LogP contribution is -2.80. The van der Waals surface area contributed by atoms with E-state index in [0.29, 0.717) is 6.92 Å². The van der Waals surface area contributed by atoms with E-state index in [1.165, 1.54) is 0 Å². The van der Waals surface area contributed by atoms with E-state index in [1.807, 2.05) is 0 Å². The Hall–Kier alpha value is -2.38. The zero-order valence-corrected chi connectivity index (χ0v) is 23.8. The molecule has 0 bridgehead atoms. The van der Waals surface area contributed by atoms with Gasteiger partial charge in [0.1, 0.15) is 0 Å². The van der Waals surface area contributed by atoms with E-state index in [1.54, 1.807) is 0 Å². The predicted molar refractivity (Wildman–Crippen MR) is 100 cm³/mol. The number of alkyl halides is 34. The molecule has 0 heterocycles. The third kappa shape index (κ3) is 5.85. The summed E-state index contributed by atoms with van der Waals surface area (Å²) in [5, 5.41) is 0. The molecule has 0 aliphatic carbocycles. The molecule has 0 aromatic heterocycles. The molecule has 0 N–H and O–H groups in total. The number of halogens is 34. The SMILES string of the molecule is CCCC(F)C(F)(F)C(F)(F)C(F)(F)C(F)(F)C(F)(F)C(F)(F)C(F)(F)C(F)(F)C(F)(F)C(F)(F)C(F)(F)C(F)(F)C(F)(F)C(F)(F)C(F)(F)C(F)(F)F. The maximum Gasteiger partial charge on any atom is 0.460 e. The highest BCUT2D eigenvalue weighted by Gasteiger charge is 3.02. The summed E-state index contributed by atoms with van der Waals surface area (Å²) in [5.74, 6) is -144. The zero-order valence-electron chi connectivity index (χ0n) is 23.8. The van der Waals surface area contributed by atoms with Gasteiger partial charge >= 0.3 is 95.0 Å². The normalized spacial score (nSPS) is 17.6. The predicted octanol–water partition coefficient (Wildman–Crippen LogP) is 12.2. The second-order valence-corrected chi connectivity index (χ2v) is 10.4. The Morgan fingerprint density at radius 1 is 0.259 bits per heavy atom. The molecule has 34 heteroatoms. The highest BCUT2D eigenvalue weighted by Crippen LogP contribution is 2.70. The second kappa shape index (κ2) is 12.8. The standard InChI is InChI=1S/C20H8F34/c1-2-3-4(21)5(22,23)6(24,25)7(26,27)8(28,29)9(30,31)10(32,33)11(34,35)12(36,37)13(38,39)14(40,41)15(42,43)16(44,45)17(46,47)18(48,49)19(50,51)20(52,53)54/h4H,2-3H2,1H3. The van der Waals surface area contributed by atoms with Crippen LogP contribution in [0.3, 0.4) is 0 Å². The van der Waals surface area contributed by atoms with Crippen LogP contribution >= 0.6 is 0 Å². The van der Waals surface area contributed by atoms with Gasteiger partial charge in [-0.2, -0.15) is 145 Å². The lowest BCUT2D eigenvalue weighted by Gasteiger charge is -2.47. The van der Waals surface area contributed by atoms with Crippen molar-refractivity contribution >= 4 is 0 Å². The van der Waals surface area contributed by atoms with Gasteiger partial charge in [0.15, 0.2) is 6.17 Å². The minimum Gasteiger partial charge on any atom is -0.241 e. The van der Waals surface area contributed by atoms with Crippen molar-refractivity contribution in [3.05, 3.63) is 0 Å². The Bertz CT molecular complexity index is 1330. The van der Waals surface area contributed by atoms with E-state index in [4.69, 9.17) is 0 Å². The van der Waals surface area contributed by atoms with Gasteiger partial charge in [-0.25, -0.2) is 4.39 Å². The van der Waals surface area contributed by atoms with Crippen LogP contribution in [0, 0.1) is 0 Å². The summed E-state index contributed by atoms with van der Waals surface area (Å²) >= 11 is 0. The van der Waals surface area contributed by atoms with Crippen LogP contribution in [-0.2, 0) is 0 Å². The summed E-state index contributed by atoms with van der Waals surface area (Å²) in [6.07, 6.45) is -16.8. The van der Waals surface area contributed by atoms with Crippen LogP contribution < -0.4 is 0 Å². The third-order valence-corrected chi connectivity index (χ3v) is 6.84. The van der Waals surface area contributed by atoms with Gasteiger partial charge in [0.2, 0.25) is 0 Å². The van der Waals surface area contributed by atoms with Crippen LogP contribution in [0.4, 0.5) is 149 Å². The molecule has 0 spiro atoms. The third-order valence-electron chi connectivity index (χ3n) is 6.84. The maximum atomic E-state index is 13.9. The molecular formula is C20H8F34. The summed E-state index contributed by atoms with van der Waals surface area (Å²) in [5.41, 5.74) is 0. The lowest BCUT2D eigenvalue weighted by molar-refractivity contribution is -0.491. The topological polar surface area (TPSA) is 0 Å². The molecule has 0 saturated carbocycles. The Balaban J connectivity index is 7.73. The van der Waals surface area contributed by atoms with Crippen LogP contribution in [0.25, 0.3) is 0 Å². The Labute approximate surface area is 271 Å². The number of hydrogen-bond acceptors (Lipinski definition) is 0. The number of hydrogen-bond donors (Lipinski definition) is 0. The van der Waals surface area contributed by atoms with Gasteiger partial charge in [-0.05, 0) is 6.42 Å². The van der Waals surface area contributed by atoms with E-state index in [9.17, 15) is 149 Å². The molecule has 54 heavy (non-hydrogen) atoms. The van der Waals surface area contributed by atoms with Gasteiger partial charge < -0.3 is 0 Å². The summed E-state index contributed by atoms with van der Waals surface area (Å²) in [7, 11) is 0. The Morgan fingerprint density at radius 3 is 0.556 bits per heavy atom. The van der Waals surface area contributed by atoms with Crippen molar-refractivity contribution in [2.24, 2.45) is 0 Å². The molecule has 0 aliphatic heterocycles. The average molecular weight is 894 g/mol. The molecule has 0 nitrogen and oxygen atoms in total. The van der Waals surface area contributed by atoms with Gasteiger partial charge in [-0.1, -0.05) is 13.3 Å². The summed E-state index contributed by atoms with van der Waals surface area (Å²) in [4.78, 5) is 0. The molecule has 0 fully saturated rings. The summed E-state index contributed by atoms with van der Waals surface area (Å²) in [6, 6.07) is 0. The highest BCUT2D eigenvalue weighted by molar-refractivity contribution is 5.22. The van der Waals surface area contributed by atoms with E-state index in [-0.39, 0.29) is 0 Å². The minimum atomic E-state index is -10.2. The van der Waals surface area contributed by atoms with Crippen molar-refractivity contribution in [3.63, 3.8) is 0 Å². The summed E-state index contributed by atoms with van der Waals surface area (Å²) < 4.78 is 459. The first-order valence-corrected chi connectivity index (χ1v) is 12.1. The van der Waals surface area contributed by atoms with E-state index in [2.05, 4.69) is 0 Å².